The quantitative estimate of drug-likeness (QED) is 0.498. The molecule has 0 atom stereocenters. The van der Waals surface area contributed by atoms with Gasteiger partial charge in [-0.05, 0) is 42.9 Å². The lowest BCUT2D eigenvalue weighted by molar-refractivity contribution is 0.127. The number of rotatable bonds is 6. The molecule has 0 unspecified atom stereocenters. The van der Waals surface area contributed by atoms with Crippen LogP contribution in [-0.4, -0.2) is 45.5 Å². The maximum Gasteiger partial charge on any atom is 0.320 e. The fourth-order valence-corrected chi connectivity index (χ4v) is 2.75. The van der Waals surface area contributed by atoms with Crippen LogP contribution in [0.2, 0.25) is 0 Å². The fourth-order valence-electron chi connectivity index (χ4n) is 2.75. The van der Waals surface area contributed by atoms with Crippen molar-refractivity contribution in [2.24, 2.45) is 13.0 Å². The highest BCUT2D eigenvalue weighted by molar-refractivity contribution is 5.88. The van der Waals surface area contributed by atoms with Gasteiger partial charge in [-0.15, -0.1) is 0 Å². The molecule has 8 nitrogen and oxygen atoms in total. The summed E-state index contributed by atoms with van der Waals surface area (Å²) in [5, 5.41) is 9.75. The number of urea groups is 1. The first-order valence-corrected chi connectivity index (χ1v) is 9.57. The third-order valence-electron chi connectivity index (χ3n) is 4.51. The number of hydrogen-bond donors (Lipinski definition) is 2. The Balaban J connectivity index is 1.32. The summed E-state index contributed by atoms with van der Waals surface area (Å²) in [6, 6.07) is 7.10. The number of benzene rings is 1. The van der Waals surface area contributed by atoms with E-state index in [1.165, 1.54) is 12.8 Å². The van der Waals surface area contributed by atoms with Crippen molar-refractivity contribution in [3.05, 3.63) is 47.9 Å². The molecule has 2 aromatic heterocycles. The van der Waals surface area contributed by atoms with Gasteiger partial charge >= 0.3 is 6.03 Å². The van der Waals surface area contributed by atoms with Crippen molar-refractivity contribution in [2.45, 2.75) is 12.8 Å². The van der Waals surface area contributed by atoms with E-state index in [0.29, 0.717) is 24.7 Å². The van der Waals surface area contributed by atoms with E-state index in [2.05, 4.69) is 37.5 Å². The van der Waals surface area contributed by atoms with Gasteiger partial charge in [-0.2, -0.15) is 5.10 Å². The standard InChI is InChI=1S/C21H22N6O2/c1-27-17(6-4-15-5-7-18-19(12-15)23-9-8-22-18)13-20(26-27)25-21(28)24-10-11-29-14-16-2-3-16/h5,7-9,12-13,16H,2-3,10-11,14H2,1H3,(H2,24,25,26,28). The van der Waals surface area contributed by atoms with Crippen LogP contribution in [0.25, 0.3) is 11.0 Å². The molecule has 148 valence electrons. The van der Waals surface area contributed by atoms with Crippen LogP contribution in [0.1, 0.15) is 24.1 Å². The van der Waals surface area contributed by atoms with Crippen LogP contribution in [0.15, 0.2) is 36.7 Å². The summed E-state index contributed by atoms with van der Waals surface area (Å²) in [4.78, 5) is 20.5. The van der Waals surface area contributed by atoms with Gasteiger partial charge in [0.15, 0.2) is 5.82 Å². The molecule has 1 saturated carbocycles. The van der Waals surface area contributed by atoms with E-state index in [9.17, 15) is 4.79 Å². The minimum Gasteiger partial charge on any atom is -0.379 e. The van der Waals surface area contributed by atoms with Gasteiger partial charge in [0.05, 0.1) is 17.6 Å². The molecule has 2 heterocycles. The van der Waals surface area contributed by atoms with Crippen LogP contribution >= 0.6 is 0 Å². The summed E-state index contributed by atoms with van der Waals surface area (Å²) >= 11 is 0. The number of fused-ring (bicyclic) bond motifs is 1. The summed E-state index contributed by atoms with van der Waals surface area (Å²) < 4.78 is 7.12. The molecule has 3 aromatic rings. The zero-order chi connectivity index (χ0) is 20.1. The van der Waals surface area contributed by atoms with Gasteiger partial charge in [-0.25, -0.2) is 4.79 Å². The minimum atomic E-state index is -0.314. The lowest BCUT2D eigenvalue weighted by Crippen LogP contribution is -2.31. The summed E-state index contributed by atoms with van der Waals surface area (Å²) in [6.07, 6.45) is 5.83. The van der Waals surface area contributed by atoms with Crippen molar-refractivity contribution in [1.82, 2.24) is 25.1 Å². The molecule has 1 aliphatic carbocycles. The summed E-state index contributed by atoms with van der Waals surface area (Å²) in [6.45, 7) is 1.76. The molecule has 0 spiro atoms. The minimum absolute atomic E-state index is 0.314. The second-order valence-corrected chi connectivity index (χ2v) is 6.95. The molecule has 1 fully saturated rings. The van der Waals surface area contributed by atoms with Gasteiger partial charge in [0.2, 0.25) is 0 Å². The smallest absolute Gasteiger partial charge is 0.320 e. The van der Waals surface area contributed by atoms with Crippen molar-refractivity contribution < 1.29 is 9.53 Å². The maximum atomic E-state index is 12.0. The van der Waals surface area contributed by atoms with E-state index in [4.69, 9.17) is 4.74 Å². The monoisotopic (exact) mass is 390 g/mol. The Kier molecular flexibility index (Phi) is 5.68. The summed E-state index contributed by atoms with van der Waals surface area (Å²) in [7, 11) is 1.78. The molecular formula is C21H22N6O2. The number of anilines is 1. The molecule has 2 N–H and O–H groups in total. The van der Waals surface area contributed by atoms with Gasteiger partial charge in [0, 0.05) is 44.2 Å². The number of nitrogens with zero attached hydrogens (tertiary/aromatic N) is 4. The van der Waals surface area contributed by atoms with Gasteiger partial charge in [-0.1, -0.05) is 5.92 Å². The second kappa shape index (κ2) is 8.71. The maximum absolute atomic E-state index is 12.0. The molecule has 0 radical (unpaired) electrons. The highest BCUT2D eigenvalue weighted by Crippen LogP contribution is 2.28. The first-order valence-electron chi connectivity index (χ1n) is 9.57. The van der Waals surface area contributed by atoms with Gasteiger partial charge < -0.3 is 10.1 Å². The van der Waals surface area contributed by atoms with E-state index < -0.39 is 0 Å². The highest BCUT2D eigenvalue weighted by Gasteiger charge is 2.20. The lowest BCUT2D eigenvalue weighted by atomic mass is 10.2. The predicted octanol–water partition coefficient (Wildman–Crippen LogP) is 2.31. The SMILES string of the molecule is Cn1nc(NC(=O)NCCOCC2CC2)cc1C#Cc1ccc2nccnc2c1. The Morgan fingerprint density at radius 2 is 2.03 bits per heavy atom. The zero-order valence-electron chi connectivity index (χ0n) is 16.2. The largest absolute Gasteiger partial charge is 0.379 e. The predicted molar refractivity (Wildman–Crippen MR) is 109 cm³/mol. The number of hydrogen-bond acceptors (Lipinski definition) is 5. The molecular weight excluding hydrogens is 368 g/mol. The van der Waals surface area contributed by atoms with E-state index in [0.717, 1.165) is 29.1 Å². The number of ether oxygens (including phenoxy) is 1. The summed E-state index contributed by atoms with van der Waals surface area (Å²) in [5.41, 5.74) is 3.14. The molecule has 0 saturated heterocycles. The van der Waals surface area contributed by atoms with E-state index in [-0.39, 0.29) is 6.03 Å². The van der Waals surface area contributed by atoms with E-state index in [1.54, 1.807) is 30.2 Å². The van der Waals surface area contributed by atoms with Crippen LogP contribution in [-0.2, 0) is 11.8 Å². The first kappa shape index (κ1) is 18.9. The lowest BCUT2D eigenvalue weighted by Gasteiger charge is -2.06. The normalized spacial score (nSPS) is 13.0. The van der Waals surface area contributed by atoms with Crippen molar-refractivity contribution in [3.8, 4) is 11.8 Å². The highest BCUT2D eigenvalue weighted by atomic mass is 16.5. The Hall–Kier alpha value is -3.44. The van der Waals surface area contributed by atoms with Crippen LogP contribution in [0.5, 0.6) is 0 Å². The van der Waals surface area contributed by atoms with E-state index in [1.807, 2.05) is 18.2 Å². The van der Waals surface area contributed by atoms with Crippen LogP contribution in [0.4, 0.5) is 10.6 Å². The molecule has 4 rings (SSSR count). The number of nitrogens with one attached hydrogen (secondary N) is 2. The molecule has 2 amide bonds. The Labute approximate surface area is 168 Å². The number of amides is 2. The van der Waals surface area contributed by atoms with Crippen molar-refractivity contribution >= 4 is 22.9 Å². The molecule has 0 aliphatic heterocycles. The second-order valence-electron chi connectivity index (χ2n) is 6.95. The number of aryl methyl sites for hydroxylation is 1. The average molecular weight is 390 g/mol. The Bertz CT molecular complexity index is 1080. The average Bonchev–Trinajstić information content (AvgIpc) is 3.48. The van der Waals surface area contributed by atoms with Crippen LogP contribution in [0, 0.1) is 17.8 Å². The third kappa shape index (κ3) is 5.30. The topological polar surface area (TPSA) is 94.0 Å². The summed E-state index contributed by atoms with van der Waals surface area (Å²) in [5.74, 6) is 7.34. The van der Waals surface area contributed by atoms with Gasteiger partial charge in [0.1, 0.15) is 5.69 Å². The molecule has 29 heavy (non-hydrogen) atoms. The first-order chi connectivity index (χ1) is 14.2. The van der Waals surface area contributed by atoms with Gasteiger partial charge in [0.25, 0.3) is 0 Å². The van der Waals surface area contributed by atoms with Crippen LogP contribution < -0.4 is 10.6 Å². The van der Waals surface area contributed by atoms with E-state index >= 15 is 0 Å². The van der Waals surface area contributed by atoms with Crippen LogP contribution in [0.3, 0.4) is 0 Å². The van der Waals surface area contributed by atoms with Crippen molar-refractivity contribution in [3.63, 3.8) is 0 Å². The molecule has 1 aromatic carbocycles. The Morgan fingerprint density at radius 1 is 1.21 bits per heavy atom. The zero-order valence-corrected chi connectivity index (χ0v) is 16.2. The third-order valence-corrected chi connectivity index (χ3v) is 4.51. The molecule has 1 aliphatic rings. The van der Waals surface area contributed by atoms with Crippen molar-refractivity contribution in [2.75, 3.05) is 25.1 Å². The Morgan fingerprint density at radius 3 is 2.86 bits per heavy atom. The number of carbonyl (C=O) groups excluding carboxylic acids is 1. The fraction of sp³-hybridized carbons (Fsp3) is 0.333. The molecule has 8 heteroatoms. The number of aromatic nitrogens is 4. The molecule has 0 bridgehead atoms. The van der Waals surface area contributed by atoms with Gasteiger partial charge in [-0.3, -0.25) is 20.0 Å². The van der Waals surface area contributed by atoms with Crippen molar-refractivity contribution in [1.29, 1.82) is 0 Å². The number of carbonyl (C=O) groups is 1.